The summed E-state index contributed by atoms with van der Waals surface area (Å²) in [6.45, 7) is 0. The molecule has 0 aromatic carbocycles. The maximum atomic E-state index is 12.8. The number of aliphatic carboxylic acids is 1. The van der Waals surface area contributed by atoms with E-state index < -0.39 is 17.9 Å². The summed E-state index contributed by atoms with van der Waals surface area (Å²) < 4.78 is 0. The number of carboxylic acids is 1. The van der Waals surface area contributed by atoms with Crippen LogP contribution in [-0.2, 0) is 4.79 Å². The van der Waals surface area contributed by atoms with Crippen molar-refractivity contribution in [3.8, 4) is 0 Å². The number of carboxylic acid groups (broad SMARTS) is 1. The van der Waals surface area contributed by atoms with Gasteiger partial charge in [0.2, 0.25) is 0 Å². The first-order valence-corrected chi connectivity index (χ1v) is 8.27. The Labute approximate surface area is 135 Å². The summed E-state index contributed by atoms with van der Waals surface area (Å²) in [6, 6.07) is 0.564. The zero-order chi connectivity index (χ0) is 15.1. The lowest BCUT2D eigenvalue weighted by Crippen LogP contribution is -2.46. The molecule has 2 aliphatic rings. The molecule has 1 aromatic heterocycles. The molecular formula is C13H12Cl2N2O3S. The number of carbonyl (C=O) groups excluding carboxylic acids is 1. The highest BCUT2D eigenvalue weighted by Gasteiger charge is 2.48. The number of halogens is 2. The van der Waals surface area contributed by atoms with Gasteiger partial charge < -0.3 is 10.0 Å². The highest BCUT2D eigenvalue weighted by molar-refractivity contribution is 8.00. The third-order valence-corrected chi connectivity index (χ3v) is 5.60. The summed E-state index contributed by atoms with van der Waals surface area (Å²) in [5.41, 5.74) is 0.205. The molecule has 1 saturated carbocycles. The summed E-state index contributed by atoms with van der Waals surface area (Å²) in [4.78, 5) is 29.4. The van der Waals surface area contributed by atoms with E-state index in [1.165, 1.54) is 28.9 Å². The van der Waals surface area contributed by atoms with Gasteiger partial charge in [0.1, 0.15) is 11.2 Å². The van der Waals surface area contributed by atoms with Gasteiger partial charge in [-0.3, -0.25) is 4.79 Å². The lowest BCUT2D eigenvalue weighted by molar-refractivity contribution is -0.141. The van der Waals surface area contributed by atoms with Gasteiger partial charge in [0.25, 0.3) is 5.91 Å². The van der Waals surface area contributed by atoms with Crippen molar-refractivity contribution in [3.05, 3.63) is 28.0 Å². The Balaban J connectivity index is 1.95. The molecule has 1 aliphatic carbocycles. The van der Waals surface area contributed by atoms with Gasteiger partial charge in [0, 0.05) is 11.9 Å². The molecule has 0 bridgehead atoms. The molecule has 0 radical (unpaired) electrons. The smallest absolute Gasteiger partial charge is 0.327 e. The van der Waals surface area contributed by atoms with Gasteiger partial charge in [-0.1, -0.05) is 23.2 Å². The lowest BCUT2D eigenvalue weighted by Gasteiger charge is -2.27. The van der Waals surface area contributed by atoms with Crippen LogP contribution in [0.25, 0.3) is 0 Å². The number of hydrogen-bond acceptors (Lipinski definition) is 4. The summed E-state index contributed by atoms with van der Waals surface area (Å²) in [6.07, 6.45) is 3.36. The van der Waals surface area contributed by atoms with Gasteiger partial charge in [-0.15, -0.1) is 11.8 Å². The predicted octanol–water partition coefficient (Wildman–Crippen LogP) is 2.77. The Morgan fingerprint density at radius 2 is 2.10 bits per heavy atom. The van der Waals surface area contributed by atoms with E-state index in [1.807, 2.05) is 0 Å². The van der Waals surface area contributed by atoms with Crippen molar-refractivity contribution in [1.82, 2.24) is 9.88 Å². The van der Waals surface area contributed by atoms with Crippen LogP contribution in [0.3, 0.4) is 0 Å². The van der Waals surface area contributed by atoms with Crippen LogP contribution in [-0.4, -0.2) is 44.0 Å². The number of rotatable bonds is 3. The number of hydrogen-bond donors (Lipinski definition) is 1. The summed E-state index contributed by atoms with van der Waals surface area (Å²) in [7, 11) is 0. The number of thioether (sulfide) groups is 1. The Kier molecular flexibility index (Phi) is 4.03. The van der Waals surface area contributed by atoms with Crippen LogP contribution in [0.2, 0.25) is 10.2 Å². The van der Waals surface area contributed by atoms with E-state index in [-0.39, 0.29) is 21.1 Å². The molecule has 2 heterocycles. The summed E-state index contributed by atoms with van der Waals surface area (Å²) in [5, 5.41) is 9.59. The molecule has 1 N–H and O–H groups in total. The summed E-state index contributed by atoms with van der Waals surface area (Å²) in [5.74, 6) is -0.605. The molecule has 21 heavy (non-hydrogen) atoms. The molecule has 8 heteroatoms. The normalized spacial score (nSPS) is 25.1. The average molecular weight is 347 g/mol. The second-order valence-corrected chi connectivity index (χ2v) is 7.06. The first kappa shape index (κ1) is 14.9. The standard InChI is InChI=1S/C13H12Cl2N2O3S/c14-8-4-16-10(15)3-7(8)11(18)17-9(13(19)20)5-21-12(17)6-1-2-6/h3-4,6,9,12H,1-2,5H2,(H,19,20). The zero-order valence-corrected chi connectivity index (χ0v) is 13.2. The van der Waals surface area contributed by atoms with Crippen molar-refractivity contribution in [1.29, 1.82) is 0 Å². The third-order valence-electron chi connectivity index (χ3n) is 3.63. The average Bonchev–Trinajstić information content (AvgIpc) is 3.19. The molecule has 0 spiro atoms. The predicted molar refractivity (Wildman–Crippen MR) is 80.8 cm³/mol. The quantitative estimate of drug-likeness (QED) is 0.852. The van der Waals surface area contributed by atoms with E-state index in [2.05, 4.69) is 4.98 Å². The molecule has 2 fully saturated rings. The van der Waals surface area contributed by atoms with Crippen molar-refractivity contribution in [3.63, 3.8) is 0 Å². The number of nitrogens with zero attached hydrogens (tertiary/aromatic N) is 2. The fraction of sp³-hybridized carbons (Fsp3) is 0.462. The number of pyridine rings is 1. The van der Waals surface area contributed by atoms with Crippen LogP contribution in [0.15, 0.2) is 12.3 Å². The minimum atomic E-state index is -0.990. The van der Waals surface area contributed by atoms with Crippen LogP contribution in [0.1, 0.15) is 23.2 Å². The molecule has 2 unspecified atom stereocenters. The molecule has 5 nitrogen and oxygen atoms in total. The minimum Gasteiger partial charge on any atom is -0.480 e. The number of amides is 1. The summed E-state index contributed by atoms with van der Waals surface area (Å²) >= 11 is 13.4. The van der Waals surface area contributed by atoms with Crippen LogP contribution in [0.4, 0.5) is 0 Å². The van der Waals surface area contributed by atoms with Crippen LogP contribution >= 0.6 is 35.0 Å². The van der Waals surface area contributed by atoms with Crippen molar-refractivity contribution in [2.45, 2.75) is 24.3 Å². The van der Waals surface area contributed by atoms with E-state index in [0.717, 1.165) is 12.8 Å². The Morgan fingerprint density at radius 1 is 1.38 bits per heavy atom. The Morgan fingerprint density at radius 3 is 2.71 bits per heavy atom. The molecule has 1 amide bonds. The number of aromatic nitrogens is 1. The largest absolute Gasteiger partial charge is 0.480 e. The van der Waals surface area contributed by atoms with Crippen molar-refractivity contribution < 1.29 is 14.7 Å². The topological polar surface area (TPSA) is 70.5 Å². The highest BCUT2D eigenvalue weighted by atomic mass is 35.5. The SMILES string of the molecule is O=C(O)C1CSC(C2CC2)N1C(=O)c1cc(Cl)ncc1Cl. The van der Waals surface area contributed by atoms with Gasteiger partial charge in [-0.05, 0) is 24.8 Å². The van der Waals surface area contributed by atoms with Gasteiger partial charge >= 0.3 is 5.97 Å². The van der Waals surface area contributed by atoms with Crippen LogP contribution in [0.5, 0.6) is 0 Å². The van der Waals surface area contributed by atoms with E-state index in [9.17, 15) is 14.7 Å². The lowest BCUT2D eigenvalue weighted by atomic mass is 10.1. The molecule has 1 aliphatic heterocycles. The van der Waals surface area contributed by atoms with E-state index in [0.29, 0.717) is 11.7 Å². The molecular weight excluding hydrogens is 335 g/mol. The van der Waals surface area contributed by atoms with Crippen molar-refractivity contribution >= 4 is 46.8 Å². The Hall–Kier alpha value is -0.980. The molecule has 1 saturated heterocycles. The third kappa shape index (κ3) is 2.84. The maximum absolute atomic E-state index is 12.8. The first-order valence-electron chi connectivity index (χ1n) is 6.47. The van der Waals surface area contributed by atoms with Crippen LogP contribution in [0, 0.1) is 5.92 Å². The second kappa shape index (κ2) is 5.66. The Bertz CT molecular complexity index is 609. The highest BCUT2D eigenvalue weighted by Crippen LogP contribution is 2.46. The van der Waals surface area contributed by atoms with E-state index in [1.54, 1.807) is 0 Å². The molecule has 2 atom stereocenters. The molecule has 3 rings (SSSR count). The van der Waals surface area contributed by atoms with Crippen LogP contribution < -0.4 is 0 Å². The zero-order valence-electron chi connectivity index (χ0n) is 10.8. The molecule has 1 aromatic rings. The molecule has 112 valence electrons. The van der Waals surface area contributed by atoms with Gasteiger partial charge in [-0.2, -0.15) is 0 Å². The van der Waals surface area contributed by atoms with Gasteiger partial charge in [-0.25, -0.2) is 9.78 Å². The van der Waals surface area contributed by atoms with E-state index in [4.69, 9.17) is 23.2 Å². The van der Waals surface area contributed by atoms with Gasteiger partial charge in [0.05, 0.1) is 16.0 Å². The van der Waals surface area contributed by atoms with E-state index >= 15 is 0 Å². The minimum absolute atomic E-state index is 0.0957. The maximum Gasteiger partial charge on any atom is 0.327 e. The number of carbonyl (C=O) groups is 2. The van der Waals surface area contributed by atoms with Crippen molar-refractivity contribution in [2.24, 2.45) is 5.92 Å². The van der Waals surface area contributed by atoms with Gasteiger partial charge in [0.15, 0.2) is 0 Å². The fourth-order valence-electron chi connectivity index (χ4n) is 2.44. The second-order valence-electron chi connectivity index (χ2n) is 5.11. The first-order chi connectivity index (χ1) is 9.99. The fourth-order valence-corrected chi connectivity index (χ4v) is 4.41. The van der Waals surface area contributed by atoms with Crippen molar-refractivity contribution in [2.75, 3.05) is 5.75 Å². The monoisotopic (exact) mass is 346 g/mol.